The summed E-state index contributed by atoms with van der Waals surface area (Å²) in [5.41, 5.74) is 5.14. The third kappa shape index (κ3) is 0.992. The highest BCUT2D eigenvalue weighted by molar-refractivity contribution is 4.85. The first-order valence-corrected chi connectivity index (χ1v) is 2.92. The van der Waals surface area contributed by atoms with E-state index in [0.29, 0.717) is 0 Å². The van der Waals surface area contributed by atoms with Crippen LogP contribution in [0.5, 0.6) is 0 Å². The molecule has 1 saturated heterocycles. The van der Waals surface area contributed by atoms with Crippen LogP contribution >= 0.6 is 0 Å². The van der Waals surface area contributed by atoms with Crippen molar-refractivity contribution in [2.24, 2.45) is 5.73 Å². The molecule has 8 heavy (non-hydrogen) atoms. The van der Waals surface area contributed by atoms with Crippen molar-refractivity contribution in [2.75, 3.05) is 13.2 Å². The average molecular weight is 116 g/mol. The van der Waals surface area contributed by atoms with E-state index in [-0.39, 0.29) is 6.61 Å². The van der Waals surface area contributed by atoms with E-state index in [1.807, 2.05) is 0 Å². The monoisotopic (exact) mass is 116 g/mol. The molecule has 4 N–H and O–H groups in total. The molecule has 0 aliphatic carbocycles. The molecule has 1 fully saturated rings. The van der Waals surface area contributed by atoms with Crippen LogP contribution in [0, 0.1) is 0 Å². The first-order valence-electron chi connectivity index (χ1n) is 2.92. The molecule has 1 atom stereocenters. The van der Waals surface area contributed by atoms with Gasteiger partial charge in [0.25, 0.3) is 0 Å². The van der Waals surface area contributed by atoms with Crippen LogP contribution in [0.15, 0.2) is 0 Å². The molecule has 0 aromatic heterocycles. The first-order chi connectivity index (χ1) is 3.77. The summed E-state index contributed by atoms with van der Waals surface area (Å²) in [6.07, 6.45) is 1.97. The second kappa shape index (κ2) is 2.01. The van der Waals surface area contributed by atoms with Gasteiger partial charge in [0.2, 0.25) is 0 Å². The highest BCUT2D eigenvalue weighted by atomic mass is 16.3. The summed E-state index contributed by atoms with van der Waals surface area (Å²) in [6, 6.07) is 0. The maximum Gasteiger partial charge on any atom is 0.0900 e. The second-order valence-electron chi connectivity index (χ2n) is 2.34. The molecule has 48 valence electrons. The van der Waals surface area contributed by atoms with Gasteiger partial charge in [-0.05, 0) is 19.4 Å². The lowest BCUT2D eigenvalue weighted by molar-refractivity contribution is 0.183. The normalized spacial score (nSPS) is 38.2. The van der Waals surface area contributed by atoms with Crippen molar-refractivity contribution >= 4 is 0 Å². The minimum atomic E-state index is -0.458. The number of nitrogens with two attached hydrogens (primary N) is 1. The maximum atomic E-state index is 8.64. The van der Waals surface area contributed by atoms with Crippen LogP contribution in [0.3, 0.4) is 0 Å². The Morgan fingerprint density at radius 1 is 1.75 bits per heavy atom. The Balaban J connectivity index is 2.40. The minimum absolute atomic E-state index is 0.0486. The van der Waals surface area contributed by atoms with E-state index in [2.05, 4.69) is 5.32 Å². The summed E-state index contributed by atoms with van der Waals surface area (Å²) in [7, 11) is 0. The molecule has 0 aromatic rings. The van der Waals surface area contributed by atoms with Crippen molar-refractivity contribution in [3.63, 3.8) is 0 Å². The molecule has 1 aliphatic heterocycles. The van der Waals surface area contributed by atoms with Gasteiger partial charge in [-0.1, -0.05) is 0 Å². The molecular weight excluding hydrogens is 104 g/mol. The Kier molecular flexibility index (Phi) is 1.51. The number of aliphatic hydroxyl groups is 1. The van der Waals surface area contributed by atoms with Crippen molar-refractivity contribution in [3.8, 4) is 0 Å². The third-order valence-corrected chi connectivity index (χ3v) is 1.56. The van der Waals surface area contributed by atoms with E-state index in [1.54, 1.807) is 0 Å². The number of aliphatic hydroxyl groups excluding tert-OH is 1. The smallest absolute Gasteiger partial charge is 0.0900 e. The topological polar surface area (TPSA) is 58.3 Å². The van der Waals surface area contributed by atoms with Crippen LogP contribution in [0.1, 0.15) is 12.8 Å². The Morgan fingerprint density at radius 3 is 2.75 bits per heavy atom. The number of nitrogens with one attached hydrogen (secondary N) is 1. The van der Waals surface area contributed by atoms with Gasteiger partial charge in [-0.25, -0.2) is 0 Å². The summed E-state index contributed by atoms with van der Waals surface area (Å²) in [6.45, 7) is 0.990. The van der Waals surface area contributed by atoms with Gasteiger partial charge in [0, 0.05) is 0 Å². The van der Waals surface area contributed by atoms with Crippen molar-refractivity contribution in [2.45, 2.75) is 18.5 Å². The van der Waals surface area contributed by atoms with E-state index < -0.39 is 5.66 Å². The van der Waals surface area contributed by atoms with E-state index >= 15 is 0 Å². The highest BCUT2D eigenvalue weighted by Crippen LogP contribution is 2.10. The Labute approximate surface area is 48.9 Å². The molecule has 0 unspecified atom stereocenters. The van der Waals surface area contributed by atoms with Crippen LogP contribution in [0.4, 0.5) is 0 Å². The van der Waals surface area contributed by atoms with Crippen molar-refractivity contribution in [1.82, 2.24) is 5.32 Å². The lowest BCUT2D eigenvalue weighted by Gasteiger charge is -2.19. The van der Waals surface area contributed by atoms with Gasteiger partial charge >= 0.3 is 0 Å². The second-order valence-corrected chi connectivity index (χ2v) is 2.34. The van der Waals surface area contributed by atoms with E-state index in [4.69, 9.17) is 10.8 Å². The standard InChI is InChI=1S/C5H12N2O/c6-5(4-8)2-1-3-7-5/h7-8H,1-4,6H2/t5-/m1/s1. The number of hydrogen-bond donors (Lipinski definition) is 3. The quantitative estimate of drug-likeness (QED) is 0.412. The summed E-state index contributed by atoms with van der Waals surface area (Å²) >= 11 is 0. The zero-order chi connectivity index (χ0) is 6.04. The van der Waals surface area contributed by atoms with Gasteiger partial charge < -0.3 is 10.8 Å². The molecule has 1 aliphatic rings. The Hall–Kier alpha value is -0.120. The number of hydrogen-bond acceptors (Lipinski definition) is 3. The molecule has 0 spiro atoms. The fourth-order valence-corrected chi connectivity index (χ4v) is 0.965. The lowest BCUT2D eigenvalue weighted by Crippen LogP contribution is -2.51. The minimum Gasteiger partial charge on any atom is -0.393 e. The van der Waals surface area contributed by atoms with E-state index in [0.717, 1.165) is 19.4 Å². The molecule has 0 radical (unpaired) electrons. The summed E-state index contributed by atoms with van der Waals surface area (Å²) in [4.78, 5) is 0. The number of rotatable bonds is 1. The van der Waals surface area contributed by atoms with Crippen LogP contribution in [0.25, 0.3) is 0 Å². The Morgan fingerprint density at radius 2 is 2.50 bits per heavy atom. The SMILES string of the molecule is N[C@]1(CO)CCCN1. The van der Waals surface area contributed by atoms with Gasteiger partial charge in [0.15, 0.2) is 0 Å². The zero-order valence-electron chi connectivity index (χ0n) is 4.85. The Bertz CT molecular complexity index is 78.5. The van der Waals surface area contributed by atoms with Gasteiger partial charge in [0.1, 0.15) is 0 Å². The fourth-order valence-electron chi connectivity index (χ4n) is 0.965. The van der Waals surface area contributed by atoms with E-state index in [9.17, 15) is 0 Å². The molecular formula is C5H12N2O. The maximum absolute atomic E-state index is 8.64. The van der Waals surface area contributed by atoms with Crippen LogP contribution in [-0.2, 0) is 0 Å². The largest absolute Gasteiger partial charge is 0.393 e. The van der Waals surface area contributed by atoms with Crippen molar-refractivity contribution in [3.05, 3.63) is 0 Å². The van der Waals surface area contributed by atoms with Crippen molar-refractivity contribution < 1.29 is 5.11 Å². The van der Waals surface area contributed by atoms with Gasteiger partial charge in [-0.2, -0.15) is 0 Å². The van der Waals surface area contributed by atoms with Crippen molar-refractivity contribution in [1.29, 1.82) is 0 Å². The molecule has 0 aromatic carbocycles. The van der Waals surface area contributed by atoms with Crippen LogP contribution in [-0.4, -0.2) is 23.9 Å². The zero-order valence-corrected chi connectivity index (χ0v) is 4.85. The molecule has 1 rings (SSSR count). The molecule has 3 nitrogen and oxygen atoms in total. The van der Waals surface area contributed by atoms with Crippen LogP contribution in [0.2, 0.25) is 0 Å². The first kappa shape index (κ1) is 6.01. The summed E-state index contributed by atoms with van der Waals surface area (Å²) < 4.78 is 0. The predicted molar refractivity (Wildman–Crippen MR) is 31.2 cm³/mol. The molecule has 0 saturated carbocycles. The highest BCUT2D eigenvalue weighted by Gasteiger charge is 2.26. The molecule has 3 heteroatoms. The van der Waals surface area contributed by atoms with Gasteiger partial charge in [-0.3, -0.25) is 5.32 Å². The van der Waals surface area contributed by atoms with Crippen LogP contribution < -0.4 is 11.1 Å². The van der Waals surface area contributed by atoms with Gasteiger partial charge in [0.05, 0.1) is 12.3 Å². The third-order valence-electron chi connectivity index (χ3n) is 1.56. The average Bonchev–Trinajstić information content (AvgIpc) is 2.17. The van der Waals surface area contributed by atoms with E-state index in [1.165, 1.54) is 0 Å². The molecule has 1 heterocycles. The molecule has 0 amide bonds. The lowest BCUT2D eigenvalue weighted by atomic mass is 10.1. The molecule has 0 bridgehead atoms. The summed E-state index contributed by atoms with van der Waals surface area (Å²) in [5.74, 6) is 0. The fraction of sp³-hybridized carbons (Fsp3) is 1.00. The summed E-state index contributed by atoms with van der Waals surface area (Å²) in [5, 5.41) is 11.6. The van der Waals surface area contributed by atoms with Gasteiger partial charge in [-0.15, -0.1) is 0 Å². The predicted octanol–water partition coefficient (Wildman–Crippen LogP) is -0.983.